The Hall–Kier alpha value is -1.63. The molecule has 2 N–H and O–H groups in total. The number of hydrogen-bond acceptors (Lipinski definition) is 3. The topological polar surface area (TPSA) is 55.6 Å². The minimum atomic E-state index is -4.43. The van der Waals surface area contributed by atoms with Gasteiger partial charge in [-0.3, -0.25) is 0 Å². The molecule has 0 radical (unpaired) electrons. The molecule has 1 heterocycles. The van der Waals surface area contributed by atoms with Crippen LogP contribution in [-0.2, 0) is 10.9 Å². The molecule has 21 heavy (non-hydrogen) atoms. The number of piperidine rings is 1. The Morgan fingerprint density at radius 1 is 1.43 bits per heavy atom. The molecule has 116 valence electrons. The maximum Gasteiger partial charge on any atom is 0.416 e. The zero-order chi connectivity index (χ0) is 15.6. The quantitative estimate of drug-likeness (QED) is 0.907. The number of halogens is 4. The minimum absolute atomic E-state index is 0.0181. The van der Waals surface area contributed by atoms with Crippen LogP contribution in [0, 0.1) is 0 Å². The molecule has 0 aliphatic carbocycles. The highest BCUT2D eigenvalue weighted by Crippen LogP contribution is 2.36. The molecule has 0 aromatic heterocycles. The predicted molar refractivity (Wildman–Crippen MR) is 72.4 cm³/mol. The summed E-state index contributed by atoms with van der Waals surface area (Å²) in [5.41, 5.74) is 4.67. The van der Waals surface area contributed by atoms with E-state index in [1.807, 2.05) is 0 Å². The van der Waals surface area contributed by atoms with Crippen molar-refractivity contribution >= 4 is 23.4 Å². The average Bonchev–Trinajstić information content (AvgIpc) is 2.37. The fraction of sp³-hybridized carbons (Fsp3) is 0.462. The second kappa shape index (κ2) is 6.01. The summed E-state index contributed by atoms with van der Waals surface area (Å²) in [4.78, 5) is 12.6. The average molecular weight is 323 g/mol. The van der Waals surface area contributed by atoms with Gasteiger partial charge in [-0.05, 0) is 31.0 Å². The molecule has 8 heteroatoms. The number of primary amides is 1. The van der Waals surface area contributed by atoms with Gasteiger partial charge in [0.1, 0.15) is 6.10 Å². The van der Waals surface area contributed by atoms with Gasteiger partial charge in [-0.2, -0.15) is 13.2 Å². The predicted octanol–water partition coefficient (Wildman–Crippen LogP) is 3.42. The van der Waals surface area contributed by atoms with Gasteiger partial charge in [-0.25, -0.2) is 4.79 Å². The number of hydrogen-bond donors (Lipinski definition) is 1. The van der Waals surface area contributed by atoms with Crippen LogP contribution in [0.3, 0.4) is 0 Å². The summed E-state index contributed by atoms with van der Waals surface area (Å²) in [6, 6.07) is 3.22. The molecule has 0 bridgehead atoms. The second-order valence-corrected chi connectivity index (χ2v) is 5.22. The Bertz CT molecular complexity index is 537. The highest BCUT2D eigenvalue weighted by atomic mass is 35.5. The Balaban J connectivity index is 2.16. The van der Waals surface area contributed by atoms with E-state index in [1.165, 1.54) is 6.07 Å². The number of carbonyl (C=O) groups is 1. The minimum Gasteiger partial charge on any atom is -0.445 e. The van der Waals surface area contributed by atoms with Crippen molar-refractivity contribution in [2.24, 2.45) is 5.73 Å². The van der Waals surface area contributed by atoms with Gasteiger partial charge in [0.15, 0.2) is 0 Å². The van der Waals surface area contributed by atoms with Crippen LogP contribution in [0.1, 0.15) is 18.4 Å². The summed E-state index contributed by atoms with van der Waals surface area (Å²) in [5.74, 6) is 0. The van der Waals surface area contributed by atoms with Gasteiger partial charge in [-0.1, -0.05) is 11.6 Å². The normalized spacial score (nSPS) is 19.4. The highest BCUT2D eigenvalue weighted by molar-refractivity contribution is 6.33. The molecule has 1 aromatic carbocycles. The zero-order valence-electron chi connectivity index (χ0n) is 11.0. The number of benzene rings is 1. The third-order valence-electron chi connectivity index (χ3n) is 3.28. The van der Waals surface area contributed by atoms with E-state index in [0.717, 1.165) is 18.6 Å². The van der Waals surface area contributed by atoms with Crippen molar-refractivity contribution < 1.29 is 22.7 Å². The SMILES string of the molecule is NC(=O)OC1CCCN(c2ccc(C(F)(F)F)cc2Cl)C1. The first-order valence-electron chi connectivity index (χ1n) is 6.35. The Morgan fingerprint density at radius 2 is 2.14 bits per heavy atom. The van der Waals surface area contributed by atoms with Crippen molar-refractivity contribution in [2.45, 2.75) is 25.1 Å². The molecule has 0 saturated carbocycles. The lowest BCUT2D eigenvalue weighted by Crippen LogP contribution is -2.41. The maximum atomic E-state index is 12.6. The van der Waals surface area contributed by atoms with E-state index >= 15 is 0 Å². The molecule has 4 nitrogen and oxygen atoms in total. The van der Waals surface area contributed by atoms with Crippen LogP contribution in [0.15, 0.2) is 18.2 Å². The lowest BCUT2D eigenvalue weighted by atomic mass is 10.1. The van der Waals surface area contributed by atoms with E-state index in [2.05, 4.69) is 0 Å². The molecule has 1 aliphatic rings. The van der Waals surface area contributed by atoms with Crippen molar-refractivity contribution in [3.05, 3.63) is 28.8 Å². The van der Waals surface area contributed by atoms with Crippen LogP contribution < -0.4 is 10.6 Å². The summed E-state index contributed by atoms with van der Waals surface area (Å²) < 4.78 is 42.7. The van der Waals surface area contributed by atoms with E-state index in [0.29, 0.717) is 25.2 Å². The fourth-order valence-corrected chi connectivity index (χ4v) is 2.66. The number of nitrogens with zero attached hydrogens (tertiary/aromatic N) is 1. The molecule has 1 unspecified atom stereocenters. The van der Waals surface area contributed by atoms with Gasteiger partial charge in [0, 0.05) is 6.54 Å². The van der Waals surface area contributed by atoms with Gasteiger partial charge in [0.05, 0.1) is 22.8 Å². The summed E-state index contributed by atoms with van der Waals surface area (Å²) >= 11 is 5.95. The second-order valence-electron chi connectivity index (χ2n) is 4.81. The van der Waals surface area contributed by atoms with Crippen LogP contribution in [0.4, 0.5) is 23.7 Å². The van der Waals surface area contributed by atoms with Gasteiger partial charge in [0.25, 0.3) is 0 Å². The summed E-state index contributed by atoms with van der Waals surface area (Å²) in [7, 11) is 0. The highest BCUT2D eigenvalue weighted by Gasteiger charge is 2.32. The van der Waals surface area contributed by atoms with Crippen molar-refractivity contribution in [3.63, 3.8) is 0 Å². The number of amides is 1. The van der Waals surface area contributed by atoms with Crippen LogP contribution in [-0.4, -0.2) is 25.3 Å². The molecule has 1 aromatic rings. The van der Waals surface area contributed by atoms with E-state index < -0.39 is 17.8 Å². The summed E-state index contributed by atoms with van der Waals surface area (Å²) in [6.45, 7) is 0.984. The third kappa shape index (κ3) is 3.93. The molecular weight excluding hydrogens is 309 g/mol. The van der Waals surface area contributed by atoms with Gasteiger partial charge < -0.3 is 15.4 Å². The van der Waals surface area contributed by atoms with E-state index in [1.54, 1.807) is 4.90 Å². The first-order valence-corrected chi connectivity index (χ1v) is 6.73. The molecule has 1 saturated heterocycles. The number of rotatable bonds is 2. The summed E-state index contributed by atoms with van der Waals surface area (Å²) in [5, 5.41) is 0.0181. The first-order chi connectivity index (χ1) is 9.77. The van der Waals surface area contributed by atoms with Crippen molar-refractivity contribution in [1.82, 2.24) is 0 Å². The largest absolute Gasteiger partial charge is 0.445 e. The fourth-order valence-electron chi connectivity index (χ4n) is 2.36. The standard InChI is InChI=1S/C13H14ClF3N2O2/c14-10-6-8(13(15,16)17)3-4-11(10)19-5-1-2-9(7-19)21-12(18)20/h3-4,6,9H,1-2,5,7H2,(H2,18,20). The maximum absolute atomic E-state index is 12.6. The monoisotopic (exact) mass is 322 g/mol. The van der Waals surface area contributed by atoms with Crippen LogP contribution in [0.25, 0.3) is 0 Å². The lowest BCUT2D eigenvalue weighted by molar-refractivity contribution is -0.137. The lowest BCUT2D eigenvalue weighted by Gasteiger charge is -2.34. The molecular formula is C13H14ClF3N2O2. The first kappa shape index (κ1) is 15.8. The van der Waals surface area contributed by atoms with Gasteiger partial charge >= 0.3 is 12.3 Å². The van der Waals surface area contributed by atoms with E-state index in [9.17, 15) is 18.0 Å². The van der Waals surface area contributed by atoms with Crippen LogP contribution >= 0.6 is 11.6 Å². The Morgan fingerprint density at radius 3 is 2.71 bits per heavy atom. The van der Waals surface area contributed by atoms with Crippen LogP contribution in [0.5, 0.6) is 0 Å². The van der Waals surface area contributed by atoms with Crippen molar-refractivity contribution in [2.75, 3.05) is 18.0 Å². The summed E-state index contributed by atoms with van der Waals surface area (Å²) in [6.07, 6.45) is -4.27. The number of nitrogens with two attached hydrogens (primary N) is 1. The molecule has 1 amide bonds. The molecule has 1 fully saturated rings. The molecule has 0 spiro atoms. The Labute approximate surface area is 124 Å². The van der Waals surface area contributed by atoms with Gasteiger partial charge in [0.2, 0.25) is 0 Å². The number of ether oxygens (including phenoxy) is 1. The number of anilines is 1. The molecule has 1 aliphatic heterocycles. The van der Waals surface area contributed by atoms with Crippen molar-refractivity contribution in [1.29, 1.82) is 0 Å². The molecule has 1 atom stereocenters. The van der Waals surface area contributed by atoms with Gasteiger partial charge in [-0.15, -0.1) is 0 Å². The van der Waals surface area contributed by atoms with E-state index in [4.69, 9.17) is 22.1 Å². The third-order valence-corrected chi connectivity index (χ3v) is 3.58. The van der Waals surface area contributed by atoms with Crippen LogP contribution in [0.2, 0.25) is 5.02 Å². The smallest absolute Gasteiger partial charge is 0.416 e. The molecule has 2 rings (SSSR count). The number of alkyl halides is 3. The van der Waals surface area contributed by atoms with Crippen molar-refractivity contribution in [3.8, 4) is 0 Å². The number of carbonyl (C=O) groups excluding carboxylic acids is 1. The zero-order valence-corrected chi connectivity index (χ0v) is 11.7. The van der Waals surface area contributed by atoms with E-state index in [-0.39, 0.29) is 11.1 Å². The Kier molecular flexibility index (Phi) is 4.51.